The van der Waals surface area contributed by atoms with Crippen molar-refractivity contribution in [2.75, 3.05) is 34.3 Å². The molecule has 0 aliphatic carbocycles. The standard InChI is InChI=1S/C20H42NO2/c1-5-6-7-8-9-10-11-12-13-14-15-16-18-21(2,3)19-17-20(22)23-4/h5-19H2,1-4H3/q+1. The zero-order chi connectivity index (χ0) is 17.4. The first-order valence-electron chi connectivity index (χ1n) is 9.90. The van der Waals surface area contributed by atoms with E-state index >= 15 is 0 Å². The lowest BCUT2D eigenvalue weighted by atomic mass is 10.1. The molecule has 0 atom stereocenters. The second kappa shape index (κ2) is 15.0. The summed E-state index contributed by atoms with van der Waals surface area (Å²) in [4.78, 5) is 11.2. The number of esters is 1. The van der Waals surface area contributed by atoms with Crippen molar-refractivity contribution in [2.45, 2.75) is 90.4 Å². The Morgan fingerprint density at radius 3 is 1.61 bits per heavy atom. The van der Waals surface area contributed by atoms with E-state index in [0.29, 0.717) is 6.42 Å². The Morgan fingerprint density at radius 2 is 1.17 bits per heavy atom. The van der Waals surface area contributed by atoms with Crippen molar-refractivity contribution in [1.29, 1.82) is 0 Å². The van der Waals surface area contributed by atoms with Crippen LogP contribution in [0.4, 0.5) is 0 Å². The van der Waals surface area contributed by atoms with Gasteiger partial charge in [-0.05, 0) is 12.8 Å². The van der Waals surface area contributed by atoms with Crippen LogP contribution in [0.3, 0.4) is 0 Å². The number of methoxy groups -OCH3 is 1. The Balaban J connectivity index is 3.33. The third-order valence-corrected chi connectivity index (χ3v) is 4.77. The fourth-order valence-corrected chi connectivity index (χ4v) is 2.99. The largest absolute Gasteiger partial charge is 0.469 e. The topological polar surface area (TPSA) is 26.3 Å². The molecule has 0 spiro atoms. The molecule has 0 saturated heterocycles. The summed E-state index contributed by atoms with van der Waals surface area (Å²) in [6.45, 7) is 4.32. The van der Waals surface area contributed by atoms with Crippen LogP contribution in [-0.2, 0) is 9.53 Å². The van der Waals surface area contributed by atoms with Gasteiger partial charge < -0.3 is 9.22 Å². The molecule has 0 rings (SSSR count). The highest BCUT2D eigenvalue weighted by atomic mass is 16.5. The minimum atomic E-state index is -0.0918. The summed E-state index contributed by atoms with van der Waals surface area (Å²) in [6, 6.07) is 0. The number of ether oxygens (including phenoxy) is 1. The number of carbonyl (C=O) groups excluding carboxylic acids is 1. The van der Waals surface area contributed by atoms with E-state index in [9.17, 15) is 4.79 Å². The highest BCUT2D eigenvalue weighted by Gasteiger charge is 2.16. The Bertz CT molecular complexity index is 277. The molecule has 0 bridgehead atoms. The lowest BCUT2D eigenvalue weighted by Crippen LogP contribution is -2.42. The van der Waals surface area contributed by atoms with Crippen molar-refractivity contribution in [1.82, 2.24) is 0 Å². The maximum atomic E-state index is 11.2. The van der Waals surface area contributed by atoms with E-state index < -0.39 is 0 Å². The summed E-state index contributed by atoms with van der Waals surface area (Å²) in [5.41, 5.74) is 0. The van der Waals surface area contributed by atoms with E-state index in [1.807, 2.05) is 0 Å². The van der Waals surface area contributed by atoms with Crippen LogP contribution >= 0.6 is 0 Å². The molecule has 0 aliphatic heterocycles. The molecular weight excluding hydrogens is 286 g/mol. The van der Waals surface area contributed by atoms with Gasteiger partial charge in [0.25, 0.3) is 0 Å². The first-order chi connectivity index (χ1) is 11.0. The summed E-state index contributed by atoms with van der Waals surface area (Å²) in [7, 11) is 5.89. The lowest BCUT2D eigenvalue weighted by molar-refractivity contribution is -0.890. The summed E-state index contributed by atoms with van der Waals surface area (Å²) in [6.07, 6.45) is 17.2. The number of hydrogen-bond acceptors (Lipinski definition) is 2. The first-order valence-corrected chi connectivity index (χ1v) is 9.90. The zero-order valence-electron chi connectivity index (χ0n) is 16.4. The van der Waals surface area contributed by atoms with E-state index in [1.54, 1.807) is 0 Å². The number of quaternary nitrogens is 1. The Labute approximate surface area is 145 Å². The van der Waals surface area contributed by atoms with Gasteiger partial charge in [0.05, 0.1) is 40.7 Å². The molecule has 0 aliphatic rings. The molecule has 0 aromatic rings. The van der Waals surface area contributed by atoms with E-state index in [1.165, 1.54) is 84.2 Å². The predicted molar refractivity (Wildman–Crippen MR) is 99.6 cm³/mol. The number of carbonyl (C=O) groups is 1. The molecule has 0 saturated carbocycles. The van der Waals surface area contributed by atoms with Crippen molar-refractivity contribution in [3.8, 4) is 0 Å². The fraction of sp³-hybridized carbons (Fsp3) is 0.950. The zero-order valence-corrected chi connectivity index (χ0v) is 16.4. The maximum absolute atomic E-state index is 11.2. The molecule has 138 valence electrons. The van der Waals surface area contributed by atoms with Gasteiger partial charge in [-0.1, -0.05) is 71.1 Å². The number of hydrogen-bond donors (Lipinski definition) is 0. The molecular formula is C20H42NO2+. The Morgan fingerprint density at radius 1 is 0.739 bits per heavy atom. The van der Waals surface area contributed by atoms with Crippen LogP contribution < -0.4 is 0 Å². The van der Waals surface area contributed by atoms with Crippen LogP contribution in [0.25, 0.3) is 0 Å². The van der Waals surface area contributed by atoms with Crippen molar-refractivity contribution >= 4 is 5.97 Å². The van der Waals surface area contributed by atoms with Gasteiger partial charge in [-0.25, -0.2) is 0 Å². The highest BCUT2D eigenvalue weighted by molar-refractivity contribution is 5.69. The van der Waals surface area contributed by atoms with Gasteiger partial charge in [0, 0.05) is 0 Å². The highest BCUT2D eigenvalue weighted by Crippen LogP contribution is 2.12. The molecule has 0 amide bonds. The van der Waals surface area contributed by atoms with E-state index in [4.69, 9.17) is 4.74 Å². The fourth-order valence-electron chi connectivity index (χ4n) is 2.99. The summed E-state index contributed by atoms with van der Waals surface area (Å²) in [5, 5.41) is 0. The molecule has 0 fully saturated rings. The third kappa shape index (κ3) is 16.1. The van der Waals surface area contributed by atoms with Gasteiger partial charge in [0.1, 0.15) is 0 Å². The number of unbranched alkanes of at least 4 members (excludes halogenated alkanes) is 11. The van der Waals surface area contributed by atoms with Gasteiger partial charge in [0.2, 0.25) is 0 Å². The van der Waals surface area contributed by atoms with Gasteiger partial charge in [-0.3, -0.25) is 4.79 Å². The van der Waals surface area contributed by atoms with Gasteiger partial charge in [-0.15, -0.1) is 0 Å². The summed E-state index contributed by atoms with van der Waals surface area (Å²) in [5.74, 6) is -0.0918. The van der Waals surface area contributed by atoms with Gasteiger partial charge >= 0.3 is 5.97 Å². The van der Waals surface area contributed by atoms with Gasteiger partial charge in [-0.2, -0.15) is 0 Å². The van der Waals surface area contributed by atoms with Crippen molar-refractivity contribution in [3.05, 3.63) is 0 Å². The van der Waals surface area contributed by atoms with Crippen molar-refractivity contribution < 1.29 is 14.0 Å². The molecule has 3 nitrogen and oxygen atoms in total. The van der Waals surface area contributed by atoms with E-state index in [-0.39, 0.29) is 5.97 Å². The lowest BCUT2D eigenvalue weighted by Gasteiger charge is -2.29. The van der Waals surface area contributed by atoms with E-state index in [0.717, 1.165) is 17.6 Å². The minimum absolute atomic E-state index is 0.0918. The van der Waals surface area contributed by atoms with Crippen LogP contribution in [0, 0.1) is 0 Å². The molecule has 0 unspecified atom stereocenters. The average molecular weight is 329 g/mol. The monoisotopic (exact) mass is 328 g/mol. The Hall–Kier alpha value is -0.570. The molecule has 0 N–H and O–H groups in total. The van der Waals surface area contributed by atoms with E-state index in [2.05, 4.69) is 21.0 Å². The van der Waals surface area contributed by atoms with Crippen LogP contribution in [0.2, 0.25) is 0 Å². The first kappa shape index (κ1) is 22.4. The number of nitrogens with zero attached hydrogens (tertiary/aromatic N) is 1. The molecule has 0 radical (unpaired) electrons. The number of rotatable bonds is 16. The molecule has 23 heavy (non-hydrogen) atoms. The predicted octanol–water partition coefficient (Wildman–Crippen LogP) is 5.33. The maximum Gasteiger partial charge on any atom is 0.311 e. The SMILES string of the molecule is CCCCCCCCCCCCCC[N+](C)(C)CCC(=O)OC. The molecule has 0 aromatic heterocycles. The third-order valence-electron chi connectivity index (χ3n) is 4.77. The minimum Gasteiger partial charge on any atom is -0.469 e. The van der Waals surface area contributed by atoms with Crippen LogP contribution in [0.1, 0.15) is 90.4 Å². The molecule has 0 aromatic carbocycles. The normalized spacial score (nSPS) is 11.7. The molecule has 3 heteroatoms. The Kier molecular flexibility index (Phi) is 14.6. The summed E-state index contributed by atoms with van der Waals surface area (Å²) >= 11 is 0. The van der Waals surface area contributed by atoms with Crippen LogP contribution in [0.15, 0.2) is 0 Å². The molecule has 0 heterocycles. The van der Waals surface area contributed by atoms with Crippen molar-refractivity contribution in [3.63, 3.8) is 0 Å². The van der Waals surface area contributed by atoms with Crippen molar-refractivity contribution in [2.24, 2.45) is 0 Å². The second-order valence-electron chi connectivity index (χ2n) is 7.60. The quantitative estimate of drug-likeness (QED) is 0.217. The smallest absolute Gasteiger partial charge is 0.311 e. The van der Waals surface area contributed by atoms with Crippen LogP contribution in [-0.4, -0.2) is 44.7 Å². The van der Waals surface area contributed by atoms with Gasteiger partial charge in [0.15, 0.2) is 0 Å². The average Bonchev–Trinajstić information content (AvgIpc) is 2.53. The van der Waals surface area contributed by atoms with Crippen LogP contribution in [0.5, 0.6) is 0 Å². The summed E-state index contributed by atoms with van der Waals surface area (Å²) < 4.78 is 5.64. The second-order valence-corrected chi connectivity index (χ2v) is 7.60.